The lowest BCUT2D eigenvalue weighted by Gasteiger charge is -2.22. The summed E-state index contributed by atoms with van der Waals surface area (Å²) in [5, 5.41) is 0. The largest absolute Gasteiger partial charge is 0.264 e. The Bertz CT molecular complexity index is 723. The van der Waals surface area contributed by atoms with Crippen LogP contribution >= 0.6 is 0 Å². The first-order valence-corrected chi connectivity index (χ1v) is 9.09. The molecule has 0 unspecified atom stereocenters. The van der Waals surface area contributed by atoms with Crippen LogP contribution in [0.2, 0.25) is 0 Å². The number of hydrogen-bond acceptors (Lipinski definition) is 3. The van der Waals surface area contributed by atoms with E-state index in [1.54, 1.807) is 16.7 Å². The van der Waals surface area contributed by atoms with Gasteiger partial charge in [0.2, 0.25) is 10.0 Å². The van der Waals surface area contributed by atoms with E-state index in [-0.39, 0.29) is 11.8 Å². The second-order valence-corrected chi connectivity index (χ2v) is 7.80. The number of benzene rings is 1. The molecule has 0 saturated heterocycles. The maximum atomic E-state index is 12.8. The molecule has 4 nitrogen and oxygen atoms in total. The molecule has 2 aromatic rings. The van der Waals surface area contributed by atoms with Gasteiger partial charge in [-0.25, -0.2) is 8.42 Å². The van der Waals surface area contributed by atoms with Crippen molar-refractivity contribution in [1.29, 1.82) is 0 Å². The van der Waals surface area contributed by atoms with Gasteiger partial charge in [-0.05, 0) is 37.0 Å². The van der Waals surface area contributed by atoms with Gasteiger partial charge in [-0.2, -0.15) is 4.31 Å². The van der Waals surface area contributed by atoms with Crippen LogP contribution in [0, 0.1) is 6.92 Å². The Labute approximate surface area is 131 Å². The van der Waals surface area contributed by atoms with Gasteiger partial charge in [0.15, 0.2) is 0 Å². The van der Waals surface area contributed by atoms with Gasteiger partial charge in [-0.15, -0.1) is 0 Å². The fourth-order valence-corrected chi connectivity index (χ4v) is 4.26. The van der Waals surface area contributed by atoms with Gasteiger partial charge in [-0.3, -0.25) is 4.98 Å². The SMILES string of the molecule is Cc1ccc(CS(=O)(=O)N(Cc2cccnc2)C2CC2)cc1. The number of aryl methyl sites for hydroxylation is 1. The second kappa shape index (κ2) is 6.18. The first-order valence-electron chi connectivity index (χ1n) is 7.48. The van der Waals surface area contributed by atoms with Crippen LogP contribution in [0.25, 0.3) is 0 Å². The maximum Gasteiger partial charge on any atom is 0.218 e. The second-order valence-electron chi connectivity index (χ2n) is 5.88. The van der Waals surface area contributed by atoms with E-state index in [4.69, 9.17) is 0 Å². The van der Waals surface area contributed by atoms with Crippen molar-refractivity contribution in [1.82, 2.24) is 9.29 Å². The highest BCUT2D eigenvalue weighted by Gasteiger charge is 2.37. The maximum absolute atomic E-state index is 12.8. The van der Waals surface area contributed by atoms with Crippen LogP contribution in [-0.2, 0) is 22.3 Å². The van der Waals surface area contributed by atoms with E-state index in [1.807, 2.05) is 43.3 Å². The molecule has 0 spiro atoms. The minimum absolute atomic E-state index is 0.0596. The molecule has 0 bridgehead atoms. The van der Waals surface area contributed by atoms with Crippen molar-refractivity contribution < 1.29 is 8.42 Å². The fourth-order valence-electron chi connectivity index (χ4n) is 2.47. The van der Waals surface area contributed by atoms with E-state index in [0.717, 1.165) is 29.5 Å². The van der Waals surface area contributed by atoms with Gasteiger partial charge in [-0.1, -0.05) is 35.9 Å². The zero-order valence-electron chi connectivity index (χ0n) is 12.6. The van der Waals surface area contributed by atoms with Crippen molar-refractivity contribution in [2.24, 2.45) is 0 Å². The predicted molar refractivity (Wildman–Crippen MR) is 86.6 cm³/mol. The lowest BCUT2D eigenvalue weighted by molar-refractivity contribution is 0.397. The van der Waals surface area contributed by atoms with Crippen LogP contribution in [-0.4, -0.2) is 23.7 Å². The number of aromatic nitrogens is 1. The molecule has 22 heavy (non-hydrogen) atoms. The average Bonchev–Trinajstić information content (AvgIpc) is 3.32. The van der Waals surface area contributed by atoms with Gasteiger partial charge in [0, 0.05) is 25.0 Å². The molecule has 1 aromatic heterocycles. The predicted octanol–water partition coefficient (Wildman–Crippen LogP) is 2.88. The van der Waals surface area contributed by atoms with Gasteiger partial charge in [0.05, 0.1) is 5.75 Å². The molecule has 1 aromatic carbocycles. The highest BCUT2D eigenvalue weighted by Crippen LogP contribution is 2.32. The number of hydrogen-bond donors (Lipinski definition) is 0. The van der Waals surface area contributed by atoms with Crippen LogP contribution in [0.4, 0.5) is 0 Å². The van der Waals surface area contributed by atoms with Crippen molar-refractivity contribution in [2.45, 2.75) is 38.1 Å². The van der Waals surface area contributed by atoms with Crippen molar-refractivity contribution in [3.05, 3.63) is 65.5 Å². The lowest BCUT2D eigenvalue weighted by atomic mass is 10.2. The first-order chi connectivity index (χ1) is 10.5. The topological polar surface area (TPSA) is 50.3 Å². The van der Waals surface area contributed by atoms with E-state index in [2.05, 4.69) is 4.98 Å². The van der Waals surface area contributed by atoms with Gasteiger partial charge in [0.1, 0.15) is 0 Å². The van der Waals surface area contributed by atoms with E-state index < -0.39 is 10.0 Å². The summed E-state index contributed by atoms with van der Waals surface area (Å²) < 4.78 is 27.2. The molecule has 0 N–H and O–H groups in total. The number of pyridine rings is 1. The molecule has 0 amide bonds. The van der Waals surface area contributed by atoms with Gasteiger partial charge >= 0.3 is 0 Å². The van der Waals surface area contributed by atoms with E-state index in [1.165, 1.54) is 0 Å². The molecule has 3 rings (SSSR count). The molecule has 1 fully saturated rings. The van der Waals surface area contributed by atoms with E-state index in [0.29, 0.717) is 6.54 Å². The van der Waals surface area contributed by atoms with E-state index in [9.17, 15) is 8.42 Å². The van der Waals surface area contributed by atoms with Crippen LogP contribution in [0.3, 0.4) is 0 Å². The zero-order valence-corrected chi connectivity index (χ0v) is 13.5. The fraction of sp³-hybridized carbons (Fsp3) is 0.353. The minimum atomic E-state index is -3.32. The molecule has 0 radical (unpaired) electrons. The highest BCUT2D eigenvalue weighted by molar-refractivity contribution is 7.88. The van der Waals surface area contributed by atoms with Gasteiger partial charge < -0.3 is 0 Å². The summed E-state index contributed by atoms with van der Waals surface area (Å²) >= 11 is 0. The first kappa shape index (κ1) is 15.2. The molecule has 1 aliphatic rings. The van der Waals surface area contributed by atoms with Crippen LogP contribution in [0.1, 0.15) is 29.5 Å². The molecular formula is C17H20N2O2S. The summed E-state index contributed by atoms with van der Waals surface area (Å²) in [4.78, 5) is 4.07. The smallest absolute Gasteiger partial charge is 0.218 e. The zero-order chi connectivity index (χ0) is 15.6. The Hall–Kier alpha value is -1.72. The Kier molecular flexibility index (Phi) is 4.27. The third-order valence-corrected chi connectivity index (χ3v) is 5.68. The van der Waals surface area contributed by atoms with Crippen LogP contribution < -0.4 is 0 Å². The average molecular weight is 316 g/mol. The van der Waals surface area contributed by atoms with Crippen molar-refractivity contribution >= 4 is 10.0 Å². The van der Waals surface area contributed by atoms with Crippen LogP contribution in [0.15, 0.2) is 48.8 Å². The standard InChI is InChI=1S/C17H20N2O2S/c1-14-4-6-15(7-5-14)13-22(20,21)19(17-8-9-17)12-16-3-2-10-18-11-16/h2-7,10-11,17H,8-9,12-13H2,1H3. The molecule has 1 heterocycles. The summed E-state index contributed by atoms with van der Waals surface area (Å²) in [7, 11) is -3.32. The molecule has 116 valence electrons. The van der Waals surface area contributed by atoms with Gasteiger partial charge in [0.25, 0.3) is 0 Å². The minimum Gasteiger partial charge on any atom is -0.264 e. The Balaban J connectivity index is 1.79. The Morgan fingerprint density at radius 1 is 1.14 bits per heavy atom. The Morgan fingerprint density at radius 3 is 2.45 bits per heavy atom. The van der Waals surface area contributed by atoms with Crippen LogP contribution in [0.5, 0.6) is 0 Å². The number of sulfonamides is 1. The summed E-state index contributed by atoms with van der Waals surface area (Å²) in [5.74, 6) is 0.0596. The molecule has 5 heteroatoms. The van der Waals surface area contributed by atoms with Crippen molar-refractivity contribution in [3.63, 3.8) is 0 Å². The molecule has 0 aliphatic heterocycles. The monoisotopic (exact) mass is 316 g/mol. The third-order valence-electron chi connectivity index (χ3n) is 3.84. The normalized spacial score (nSPS) is 15.2. The number of nitrogens with zero attached hydrogens (tertiary/aromatic N) is 2. The van der Waals surface area contributed by atoms with Crippen molar-refractivity contribution in [2.75, 3.05) is 0 Å². The van der Waals surface area contributed by atoms with Crippen molar-refractivity contribution in [3.8, 4) is 0 Å². The number of rotatable bonds is 6. The summed E-state index contributed by atoms with van der Waals surface area (Å²) in [6, 6.07) is 11.6. The highest BCUT2D eigenvalue weighted by atomic mass is 32.2. The Morgan fingerprint density at radius 2 is 1.86 bits per heavy atom. The molecular weight excluding hydrogens is 296 g/mol. The molecule has 1 saturated carbocycles. The summed E-state index contributed by atoms with van der Waals surface area (Å²) in [6.45, 7) is 2.41. The molecule has 1 aliphatic carbocycles. The molecule has 0 atom stereocenters. The summed E-state index contributed by atoms with van der Waals surface area (Å²) in [5.41, 5.74) is 2.90. The lowest BCUT2D eigenvalue weighted by Crippen LogP contribution is -2.33. The third kappa shape index (κ3) is 3.72. The van der Waals surface area contributed by atoms with E-state index >= 15 is 0 Å². The summed E-state index contributed by atoms with van der Waals surface area (Å²) in [6.07, 6.45) is 5.34. The quantitative estimate of drug-likeness (QED) is 0.823.